The molecular weight excluding hydrogens is 340 g/mol. The van der Waals surface area contributed by atoms with Crippen molar-refractivity contribution < 1.29 is 14.7 Å². The molecule has 1 aliphatic rings. The average molecular weight is 375 g/mol. The Hall–Kier alpha value is -1.88. The summed E-state index contributed by atoms with van der Waals surface area (Å²) in [6, 6.07) is 8.07. The summed E-state index contributed by atoms with van der Waals surface area (Å²) >= 11 is 0. The number of carboxylic acids is 1. The Labute approximate surface area is 163 Å². The van der Waals surface area contributed by atoms with Crippen molar-refractivity contribution in [2.24, 2.45) is 11.8 Å². The van der Waals surface area contributed by atoms with Crippen molar-refractivity contribution in [3.63, 3.8) is 0 Å². The fourth-order valence-corrected chi connectivity index (χ4v) is 3.67. The van der Waals surface area contributed by atoms with Crippen LogP contribution in [-0.4, -0.2) is 47.6 Å². The second kappa shape index (κ2) is 10.5. The number of likely N-dealkylation sites (tertiary alicyclic amines) is 1. The maximum absolute atomic E-state index is 12.4. The van der Waals surface area contributed by atoms with Gasteiger partial charge in [0.2, 0.25) is 5.91 Å². The number of carboxylic acid groups (broad SMARTS) is 1. The van der Waals surface area contributed by atoms with E-state index in [2.05, 4.69) is 36.5 Å². The van der Waals surface area contributed by atoms with Gasteiger partial charge in [0.25, 0.3) is 0 Å². The number of aliphatic carboxylic acids is 1. The largest absolute Gasteiger partial charge is 0.480 e. The molecule has 150 valence electrons. The molecule has 0 spiro atoms. The van der Waals surface area contributed by atoms with Crippen molar-refractivity contribution in [3.8, 4) is 0 Å². The number of carbonyl (C=O) groups excluding carboxylic acids is 1. The van der Waals surface area contributed by atoms with Crippen molar-refractivity contribution in [2.45, 2.75) is 58.9 Å². The van der Waals surface area contributed by atoms with Crippen LogP contribution in [0.3, 0.4) is 0 Å². The summed E-state index contributed by atoms with van der Waals surface area (Å²) in [6.07, 6.45) is 5.09. The van der Waals surface area contributed by atoms with E-state index >= 15 is 0 Å². The Morgan fingerprint density at radius 2 is 1.85 bits per heavy atom. The van der Waals surface area contributed by atoms with Crippen LogP contribution in [-0.2, 0) is 16.0 Å². The number of piperidine rings is 1. The van der Waals surface area contributed by atoms with E-state index in [1.54, 1.807) is 0 Å². The first-order valence-electron chi connectivity index (χ1n) is 10.2. The van der Waals surface area contributed by atoms with Crippen LogP contribution < -0.4 is 5.32 Å². The first-order valence-corrected chi connectivity index (χ1v) is 10.2. The van der Waals surface area contributed by atoms with Gasteiger partial charge in [0.05, 0.1) is 6.54 Å². The SMILES string of the molecule is CC[C@H](C)[C@H](NCC(=O)N1CCC(CCc2ccc(C)cc2)CC1)C(=O)O. The monoisotopic (exact) mass is 374 g/mol. The minimum absolute atomic E-state index is 0.00260. The molecule has 1 amide bonds. The van der Waals surface area contributed by atoms with Gasteiger partial charge in [-0.25, -0.2) is 0 Å². The lowest BCUT2D eigenvalue weighted by Gasteiger charge is -2.32. The summed E-state index contributed by atoms with van der Waals surface area (Å²) in [5, 5.41) is 12.3. The van der Waals surface area contributed by atoms with Gasteiger partial charge in [-0.1, -0.05) is 50.1 Å². The van der Waals surface area contributed by atoms with Crippen molar-refractivity contribution in [3.05, 3.63) is 35.4 Å². The minimum Gasteiger partial charge on any atom is -0.480 e. The summed E-state index contributed by atoms with van der Waals surface area (Å²) < 4.78 is 0. The van der Waals surface area contributed by atoms with Crippen LogP contribution in [0.4, 0.5) is 0 Å². The number of nitrogens with zero attached hydrogens (tertiary/aromatic N) is 1. The predicted molar refractivity (Wildman–Crippen MR) is 108 cm³/mol. The van der Waals surface area contributed by atoms with Gasteiger partial charge < -0.3 is 10.0 Å². The molecule has 1 heterocycles. The van der Waals surface area contributed by atoms with Gasteiger partial charge >= 0.3 is 5.97 Å². The number of hydrogen-bond acceptors (Lipinski definition) is 3. The van der Waals surface area contributed by atoms with Crippen molar-refractivity contribution in [2.75, 3.05) is 19.6 Å². The molecule has 2 atom stereocenters. The van der Waals surface area contributed by atoms with Gasteiger partial charge in [-0.15, -0.1) is 0 Å². The first-order chi connectivity index (χ1) is 12.9. The van der Waals surface area contributed by atoms with Crippen molar-refractivity contribution in [1.29, 1.82) is 0 Å². The molecule has 0 aliphatic carbocycles. The second-order valence-corrected chi connectivity index (χ2v) is 7.93. The van der Waals surface area contributed by atoms with E-state index < -0.39 is 12.0 Å². The normalized spacial score (nSPS) is 17.5. The Bertz CT molecular complexity index is 606. The number of aryl methyl sites for hydroxylation is 2. The molecule has 0 aromatic heterocycles. The second-order valence-electron chi connectivity index (χ2n) is 7.93. The molecule has 0 radical (unpaired) electrons. The molecule has 5 nitrogen and oxygen atoms in total. The lowest BCUT2D eigenvalue weighted by Crippen LogP contribution is -2.48. The Kier molecular flexibility index (Phi) is 8.29. The van der Waals surface area contributed by atoms with Crippen LogP contribution in [0.1, 0.15) is 50.7 Å². The van der Waals surface area contributed by atoms with Gasteiger partial charge in [-0.2, -0.15) is 0 Å². The third-order valence-electron chi connectivity index (χ3n) is 5.88. The predicted octanol–water partition coefficient (Wildman–Crippen LogP) is 3.26. The summed E-state index contributed by atoms with van der Waals surface area (Å²) in [4.78, 5) is 25.7. The summed E-state index contributed by atoms with van der Waals surface area (Å²) in [5.74, 6) is -0.202. The maximum atomic E-state index is 12.4. The van der Waals surface area contributed by atoms with Gasteiger partial charge in [-0.3, -0.25) is 14.9 Å². The van der Waals surface area contributed by atoms with Crippen LogP contribution >= 0.6 is 0 Å². The number of rotatable bonds is 9. The minimum atomic E-state index is -0.882. The van der Waals surface area contributed by atoms with E-state index in [-0.39, 0.29) is 18.4 Å². The number of benzene rings is 1. The topological polar surface area (TPSA) is 69.6 Å². The first kappa shape index (κ1) is 21.4. The smallest absolute Gasteiger partial charge is 0.320 e. The molecule has 1 aromatic carbocycles. The molecule has 1 aliphatic heterocycles. The molecule has 2 N–H and O–H groups in total. The molecule has 0 bridgehead atoms. The van der Waals surface area contributed by atoms with Gasteiger partial charge in [0, 0.05) is 13.1 Å². The van der Waals surface area contributed by atoms with Crippen LogP contribution in [0.5, 0.6) is 0 Å². The molecule has 27 heavy (non-hydrogen) atoms. The van der Waals surface area contributed by atoms with Crippen LogP contribution in [0.25, 0.3) is 0 Å². The quantitative estimate of drug-likeness (QED) is 0.696. The van der Waals surface area contributed by atoms with E-state index in [4.69, 9.17) is 0 Å². The fraction of sp³-hybridized carbons (Fsp3) is 0.636. The Morgan fingerprint density at radius 3 is 2.41 bits per heavy atom. The molecule has 1 aromatic rings. The van der Waals surface area contributed by atoms with E-state index in [9.17, 15) is 14.7 Å². The maximum Gasteiger partial charge on any atom is 0.320 e. The number of carbonyl (C=O) groups is 2. The van der Waals surface area contributed by atoms with E-state index in [1.165, 1.54) is 17.5 Å². The molecular formula is C22H34N2O3. The number of nitrogens with one attached hydrogen (secondary N) is 1. The molecule has 1 fully saturated rings. The number of amides is 1. The van der Waals surface area contributed by atoms with E-state index in [1.807, 2.05) is 18.7 Å². The zero-order valence-electron chi connectivity index (χ0n) is 16.9. The number of hydrogen-bond donors (Lipinski definition) is 2. The molecule has 5 heteroatoms. The highest BCUT2D eigenvalue weighted by molar-refractivity contribution is 5.80. The van der Waals surface area contributed by atoms with E-state index in [0.717, 1.165) is 38.8 Å². The molecule has 0 unspecified atom stereocenters. The highest BCUT2D eigenvalue weighted by Gasteiger charge is 2.26. The third kappa shape index (κ3) is 6.65. The summed E-state index contributed by atoms with van der Waals surface area (Å²) in [7, 11) is 0. The Balaban J connectivity index is 1.71. The summed E-state index contributed by atoms with van der Waals surface area (Å²) in [6.45, 7) is 7.63. The fourth-order valence-electron chi connectivity index (χ4n) is 3.67. The zero-order chi connectivity index (χ0) is 19.8. The van der Waals surface area contributed by atoms with E-state index in [0.29, 0.717) is 5.92 Å². The van der Waals surface area contributed by atoms with Gasteiger partial charge in [0.1, 0.15) is 6.04 Å². The van der Waals surface area contributed by atoms with Crippen LogP contribution in [0.2, 0.25) is 0 Å². The zero-order valence-corrected chi connectivity index (χ0v) is 16.9. The molecule has 2 rings (SSSR count). The molecule has 0 saturated carbocycles. The lowest BCUT2D eigenvalue weighted by atomic mass is 9.90. The van der Waals surface area contributed by atoms with Crippen molar-refractivity contribution >= 4 is 11.9 Å². The molecule has 1 saturated heterocycles. The highest BCUT2D eigenvalue weighted by atomic mass is 16.4. The highest BCUT2D eigenvalue weighted by Crippen LogP contribution is 2.22. The lowest BCUT2D eigenvalue weighted by molar-refractivity contribution is -0.141. The van der Waals surface area contributed by atoms with Crippen molar-refractivity contribution in [1.82, 2.24) is 10.2 Å². The Morgan fingerprint density at radius 1 is 1.22 bits per heavy atom. The van der Waals surface area contributed by atoms with Crippen LogP contribution in [0.15, 0.2) is 24.3 Å². The third-order valence-corrected chi connectivity index (χ3v) is 5.88. The van der Waals surface area contributed by atoms with Crippen LogP contribution in [0, 0.1) is 18.8 Å². The summed E-state index contributed by atoms with van der Waals surface area (Å²) in [5.41, 5.74) is 2.67. The van der Waals surface area contributed by atoms with Gasteiger partial charge in [-0.05, 0) is 50.0 Å². The standard InChI is InChI=1S/C22H34N2O3/c1-4-17(3)21(22(26)27)23-15-20(25)24-13-11-19(12-14-24)10-9-18-7-5-16(2)6-8-18/h5-8,17,19,21,23H,4,9-15H2,1-3H3,(H,26,27)/t17-,21-/m0/s1. The average Bonchev–Trinajstić information content (AvgIpc) is 2.67. The van der Waals surface area contributed by atoms with Gasteiger partial charge in [0.15, 0.2) is 0 Å².